The molecule has 0 atom stereocenters. The number of aromatic nitrogens is 3. The molecule has 10 heteroatoms. The van der Waals surface area contributed by atoms with Crippen molar-refractivity contribution < 1.29 is 14.3 Å². The van der Waals surface area contributed by atoms with Crippen molar-refractivity contribution >= 4 is 35.0 Å². The van der Waals surface area contributed by atoms with Gasteiger partial charge < -0.3 is 15.0 Å². The van der Waals surface area contributed by atoms with Crippen LogP contribution in [0.3, 0.4) is 0 Å². The van der Waals surface area contributed by atoms with E-state index in [9.17, 15) is 9.59 Å². The number of carbonyl (C=O) groups excluding carboxylic acids is 2. The van der Waals surface area contributed by atoms with E-state index in [2.05, 4.69) is 20.5 Å². The molecule has 0 unspecified atom stereocenters. The van der Waals surface area contributed by atoms with Crippen LogP contribution in [0.2, 0.25) is 10.0 Å². The lowest BCUT2D eigenvalue weighted by atomic mass is 9.94. The van der Waals surface area contributed by atoms with Crippen LogP contribution < -0.4 is 10.1 Å². The summed E-state index contributed by atoms with van der Waals surface area (Å²) in [6.45, 7) is 0.999. The van der Waals surface area contributed by atoms with E-state index < -0.39 is 0 Å². The molecule has 2 N–H and O–H groups in total. The molecule has 2 aromatic heterocycles. The number of hydrogen-bond acceptors (Lipinski definition) is 5. The molecule has 2 amide bonds. The lowest BCUT2D eigenvalue weighted by molar-refractivity contribution is -0.127. The summed E-state index contributed by atoms with van der Waals surface area (Å²) in [6, 6.07) is 11.0. The molecule has 3 aromatic rings. The topological polar surface area (TPSA) is 100 Å². The molecule has 2 aliphatic rings. The van der Waals surface area contributed by atoms with Crippen molar-refractivity contribution in [3.8, 4) is 17.1 Å². The number of halogens is 2. The third-order valence-electron chi connectivity index (χ3n) is 6.77. The van der Waals surface area contributed by atoms with Gasteiger partial charge in [-0.15, -0.1) is 0 Å². The number of ether oxygens (including phenoxy) is 1. The van der Waals surface area contributed by atoms with Crippen LogP contribution in [-0.4, -0.2) is 52.1 Å². The standard InChI is InChI=1S/C25H25Cl2N5O3/c1-35-22-12-18(19(27)14-28-22)20-13-21(31-30-20)24(34)32-9-5-15(6-10-32)23(33)29-25(7-8-25)16-3-2-4-17(26)11-16/h2-4,11-15H,5-10H2,1H3,(H,29,33)(H,30,31). The highest BCUT2D eigenvalue weighted by atomic mass is 35.5. The zero-order valence-electron chi connectivity index (χ0n) is 19.2. The number of methoxy groups -OCH3 is 1. The third-order valence-corrected chi connectivity index (χ3v) is 7.30. The Hall–Kier alpha value is -3.10. The van der Waals surface area contributed by atoms with Crippen molar-refractivity contribution in [2.45, 2.75) is 31.2 Å². The molecule has 2 fully saturated rings. The Kier molecular flexibility index (Phi) is 6.42. The second-order valence-electron chi connectivity index (χ2n) is 9.02. The molecule has 1 aliphatic heterocycles. The predicted octanol–water partition coefficient (Wildman–Crippen LogP) is 4.44. The van der Waals surface area contributed by atoms with E-state index >= 15 is 0 Å². The highest BCUT2D eigenvalue weighted by molar-refractivity contribution is 6.33. The predicted molar refractivity (Wildman–Crippen MR) is 133 cm³/mol. The van der Waals surface area contributed by atoms with E-state index in [1.54, 1.807) is 17.0 Å². The molecule has 0 radical (unpaired) electrons. The van der Waals surface area contributed by atoms with Crippen LogP contribution in [0.5, 0.6) is 5.88 Å². The van der Waals surface area contributed by atoms with E-state index in [1.807, 2.05) is 24.3 Å². The number of piperidine rings is 1. The summed E-state index contributed by atoms with van der Waals surface area (Å²) in [6.07, 6.45) is 4.52. The number of benzene rings is 1. The Morgan fingerprint density at radius 2 is 1.94 bits per heavy atom. The van der Waals surface area contributed by atoms with Gasteiger partial charge in [-0.05, 0) is 49.4 Å². The van der Waals surface area contributed by atoms with E-state index in [0.29, 0.717) is 58.8 Å². The minimum atomic E-state index is -0.307. The van der Waals surface area contributed by atoms with Gasteiger partial charge in [0.1, 0.15) is 5.69 Å². The first kappa shape index (κ1) is 23.6. The molecular formula is C25H25Cl2N5O3. The third kappa shape index (κ3) is 4.86. The van der Waals surface area contributed by atoms with Gasteiger partial charge in [-0.25, -0.2) is 4.98 Å². The lowest BCUT2D eigenvalue weighted by Gasteiger charge is -2.32. The second-order valence-corrected chi connectivity index (χ2v) is 9.87. The normalized spacial score (nSPS) is 17.2. The van der Waals surface area contributed by atoms with Gasteiger partial charge in [-0.3, -0.25) is 14.7 Å². The second kappa shape index (κ2) is 9.51. The maximum Gasteiger partial charge on any atom is 0.271 e. The van der Waals surface area contributed by atoms with Gasteiger partial charge in [0.05, 0.1) is 29.6 Å². The minimum absolute atomic E-state index is 0.0414. The molecule has 35 heavy (non-hydrogen) atoms. The number of aromatic amines is 1. The van der Waals surface area contributed by atoms with E-state index in [0.717, 1.165) is 18.4 Å². The van der Waals surface area contributed by atoms with Gasteiger partial charge in [0.15, 0.2) is 0 Å². The van der Waals surface area contributed by atoms with Crippen LogP contribution in [0.25, 0.3) is 11.3 Å². The fraction of sp³-hybridized carbons (Fsp3) is 0.360. The highest BCUT2D eigenvalue weighted by Crippen LogP contribution is 2.46. The summed E-state index contributed by atoms with van der Waals surface area (Å²) >= 11 is 12.4. The molecule has 182 valence electrons. The fourth-order valence-corrected chi connectivity index (χ4v) is 4.94. The van der Waals surface area contributed by atoms with Gasteiger partial charge in [-0.1, -0.05) is 35.3 Å². The smallest absolute Gasteiger partial charge is 0.271 e. The summed E-state index contributed by atoms with van der Waals surface area (Å²) in [5, 5.41) is 11.4. The van der Waals surface area contributed by atoms with Crippen LogP contribution >= 0.6 is 23.2 Å². The van der Waals surface area contributed by atoms with Gasteiger partial charge in [0.2, 0.25) is 11.8 Å². The number of likely N-dealkylation sites (tertiary alicyclic amines) is 1. The lowest BCUT2D eigenvalue weighted by Crippen LogP contribution is -2.45. The molecule has 0 spiro atoms. The Morgan fingerprint density at radius 3 is 2.63 bits per heavy atom. The van der Waals surface area contributed by atoms with Gasteiger partial charge >= 0.3 is 0 Å². The Morgan fingerprint density at radius 1 is 1.17 bits per heavy atom. The first-order chi connectivity index (χ1) is 16.9. The molecule has 1 aromatic carbocycles. The number of carbonyl (C=O) groups is 2. The molecule has 1 aliphatic carbocycles. The van der Waals surface area contributed by atoms with Crippen LogP contribution in [-0.2, 0) is 10.3 Å². The molecule has 1 saturated carbocycles. The van der Waals surface area contributed by atoms with Crippen molar-refractivity contribution in [1.29, 1.82) is 0 Å². The monoisotopic (exact) mass is 513 g/mol. The number of nitrogens with one attached hydrogen (secondary N) is 2. The molecule has 8 nitrogen and oxygen atoms in total. The Bertz CT molecular complexity index is 1270. The number of rotatable bonds is 6. The molecule has 0 bridgehead atoms. The Labute approximate surface area is 213 Å². The van der Waals surface area contributed by atoms with Crippen molar-refractivity contribution in [2.24, 2.45) is 5.92 Å². The fourth-order valence-electron chi connectivity index (χ4n) is 4.55. The van der Waals surface area contributed by atoms with Crippen LogP contribution in [0, 0.1) is 5.92 Å². The van der Waals surface area contributed by atoms with Gasteiger partial charge in [0.25, 0.3) is 5.91 Å². The average Bonchev–Trinajstić information content (AvgIpc) is 3.49. The van der Waals surface area contributed by atoms with Crippen molar-refractivity contribution in [3.63, 3.8) is 0 Å². The number of H-pyrrole nitrogens is 1. The first-order valence-corrected chi connectivity index (χ1v) is 12.3. The summed E-state index contributed by atoms with van der Waals surface area (Å²) in [7, 11) is 1.52. The summed E-state index contributed by atoms with van der Waals surface area (Å²) in [5.41, 5.74) is 2.26. The quantitative estimate of drug-likeness (QED) is 0.507. The maximum atomic E-state index is 13.1. The molecular weight excluding hydrogens is 489 g/mol. The highest BCUT2D eigenvalue weighted by Gasteiger charge is 2.46. The minimum Gasteiger partial charge on any atom is -0.481 e. The number of pyridine rings is 1. The maximum absolute atomic E-state index is 13.1. The molecule has 1 saturated heterocycles. The van der Waals surface area contributed by atoms with Crippen LogP contribution in [0.1, 0.15) is 41.7 Å². The molecule has 3 heterocycles. The summed E-state index contributed by atoms with van der Waals surface area (Å²) < 4.78 is 5.15. The zero-order valence-corrected chi connectivity index (χ0v) is 20.7. The SMILES string of the molecule is COc1cc(-c2cc(C(=O)N3CCC(C(=O)NC4(c5cccc(Cl)c5)CC4)CC3)[nH]n2)c(Cl)cn1. The van der Waals surface area contributed by atoms with E-state index in [-0.39, 0.29) is 23.3 Å². The van der Waals surface area contributed by atoms with Crippen molar-refractivity contribution in [1.82, 2.24) is 25.4 Å². The zero-order chi connectivity index (χ0) is 24.6. The van der Waals surface area contributed by atoms with Crippen LogP contribution in [0.15, 0.2) is 42.6 Å². The number of hydrogen-bond donors (Lipinski definition) is 2. The van der Waals surface area contributed by atoms with Crippen molar-refractivity contribution in [2.75, 3.05) is 20.2 Å². The number of amides is 2. The molecule has 5 rings (SSSR count). The number of nitrogens with zero attached hydrogens (tertiary/aromatic N) is 3. The van der Waals surface area contributed by atoms with E-state index in [1.165, 1.54) is 13.3 Å². The first-order valence-electron chi connectivity index (χ1n) is 11.5. The van der Waals surface area contributed by atoms with E-state index in [4.69, 9.17) is 27.9 Å². The average molecular weight is 514 g/mol. The largest absolute Gasteiger partial charge is 0.481 e. The van der Waals surface area contributed by atoms with Crippen molar-refractivity contribution in [3.05, 3.63) is 63.9 Å². The van der Waals surface area contributed by atoms with Crippen LogP contribution in [0.4, 0.5) is 0 Å². The van der Waals surface area contributed by atoms with Gasteiger partial charge in [-0.2, -0.15) is 5.10 Å². The Balaban J connectivity index is 1.20. The van der Waals surface area contributed by atoms with Gasteiger partial charge in [0, 0.05) is 35.7 Å². The summed E-state index contributed by atoms with van der Waals surface area (Å²) in [4.78, 5) is 31.9. The summed E-state index contributed by atoms with van der Waals surface area (Å²) in [5.74, 6) is 0.164.